The summed E-state index contributed by atoms with van der Waals surface area (Å²) in [5.41, 5.74) is 1.62. The van der Waals surface area contributed by atoms with Gasteiger partial charge in [-0.25, -0.2) is 5.01 Å². The van der Waals surface area contributed by atoms with Gasteiger partial charge in [0.25, 0.3) is 5.91 Å². The van der Waals surface area contributed by atoms with Crippen molar-refractivity contribution in [2.75, 3.05) is 13.6 Å². The monoisotopic (exact) mass is 445 g/mol. The standard InChI is InChI=1S/C22H21F2N3O3S/c1-26(13-15-5-2-6-16(11-15)30-22(23)24)14-21(28)27-18(19-7-3-9-29-19)12-17(25-27)20-8-4-10-31-20/h2-11,18,22H,12-14H2,1H3. The van der Waals surface area contributed by atoms with E-state index in [0.29, 0.717) is 18.7 Å². The van der Waals surface area contributed by atoms with Crippen molar-refractivity contribution in [2.45, 2.75) is 25.6 Å². The molecule has 3 heterocycles. The molecule has 1 aliphatic heterocycles. The number of amides is 1. The molecule has 1 amide bonds. The van der Waals surface area contributed by atoms with Gasteiger partial charge in [0.05, 0.1) is 23.4 Å². The van der Waals surface area contributed by atoms with E-state index in [0.717, 1.165) is 16.2 Å². The van der Waals surface area contributed by atoms with Gasteiger partial charge in [0.15, 0.2) is 0 Å². The van der Waals surface area contributed by atoms with Crippen LogP contribution < -0.4 is 4.74 Å². The number of rotatable bonds is 8. The number of hydrazone groups is 1. The molecule has 0 spiro atoms. The third-order valence-electron chi connectivity index (χ3n) is 4.82. The Morgan fingerprint density at radius 2 is 2.19 bits per heavy atom. The summed E-state index contributed by atoms with van der Waals surface area (Å²) in [5.74, 6) is 0.605. The van der Waals surface area contributed by atoms with E-state index in [1.165, 1.54) is 11.1 Å². The van der Waals surface area contributed by atoms with E-state index in [2.05, 4.69) is 9.84 Å². The van der Waals surface area contributed by atoms with Crippen molar-refractivity contribution in [3.05, 3.63) is 76.4 Å². The first-order valence-electron chi connectivity index (χ1n) is 9.68. The smallest absolute Gasteiger partial charge is 0.387 e. The molecule has 6 nitrogen and oxygen atoms in total. The SMILES string of the molecule is CN(CC(=O)N1N=C(c2cccs2)CC1c1ccco1)Cc1cccc(OC(F)F)c1. The van der Waals surface area contributed by atoms with Crippen LogP contribution in [0.1, 0.15) is 28.7 Å². The first-order chi connectivity index (χ1) is 15.0. The summed E-state index contributed by atoms with van der Waals surface area (Å²) >= 11 is 1.58. The van der Waals surface area contributed by atoms with Gasteiger partial charge >= 0.3 is 6.61 Å². The molecule has 0 fully saturated rings. The molecule has 1 aliphatic rings. The molecule has 0 radical (unpaired) electrons. The van der Waals surface area contributed by atoms with Crippen molar-refractivity contribution in [3.63, 3.8) is 0 Å². The summed E-state index contributed by atoms with van der Waals surface area (Å²) in [4.78, 5) is 15.9. The van der Waals surface area contributed by atoms with E-state index in [-0.39, 0.29) is 24.2 Å². The summed E-state index contributed by atoms with van der Waals surface area (Å²) in [5, 5.41) is 8.06. The average molecular weight is 445 g/mol. The topological polar surface area (TPSA) is 58.3 Å². The van der Waals surface area contributed by atoms with Crippen LogP contribution in [0.15, 0.2) is 69.7 Å². The third-order valence-corrected chi connectivity index (χ3v) is 5.74. The zero-order valence-corrected chi connectivity index (χ0v) is 17.6. The Morgan fingerprint density at radius 1 is 1.32 bits per heavy atom. The number of ether oxygens (including phenoxy) is 1. The number of carbonyl (C=O) groups is 1. The summed E-state index contributed by atoms with van der Waals surface area (Å²) < 4.78 is 34.9. The number of alkyl halides is 2. The van der Waals surface area contributed by atoms with E-state index >= 15 is 0 Å². The molecule has 1 aromatic carbocycles. The summed E-state index contributed by atoms with van der Waals surface area (Å²) in [6, 6.07) is 13.7. The number of thiophene rings is 1. The Kier molecular flexibility index (Phi) is 6.43. The van der Waals surface area contributed by atoms with Crippen molar-refractivity contribution in [1.29, 1.82) is 0 Å². The Labute approximate surface area is 182 Å². The first-order valence-corrected chi connectivity index (χ1v) is 10.6. The van der Waals surface area contributed by atoms with Gasteiger partial charge in [0.2, 0.25) is 0 Å². The average Bonchev–Trinajstić information content (AvgIpc) is 3.47. The van der Waals surface area contributed by atoms with E-state index in [1.54, 1.807) is 48.9 Å². The zero-order chi connectivity index (χ0) is 21.8. The van der Waals surface area contributed by atoms with E-state index in [9.17, 15) is 13.6 Å². The molecule has 31 heavy (non-hydrogen) atoms. The molecule has 1 atom stereocenters. The summed E-state index contributed by atoms with van der Waals surface area (Å²) in [6.07, 6.45) is 2.16. The number of hydrogen-bond acceptors (Lipinski definition) is 6. The van der Waals surface area contributed by atoms with Crippen LogP contribution in [0, 0.1) is 0 Å². The second-order valence-electron chi connectivity index (χ2n) is 7.20. The Bertz CT molecular complexity index is 1040. The van der Waals surface area contributed by atoms with Crippen molar-refractivity contribution >= 4 is 23.0 Å². The normalized spacial score (nSPS) is 16.2. The van der Waals surface area contributed by atoms with E-state index in [1.807, 2.05) is 28.5 Å². The summed E-state index contributed by atoms with van der Waals surface area (Å²) in [6.45, 7) is -2.37. The Hall–Kier alpha value is -3.04. The lowest BCUT2D eigenvalue weighted by Gasteiger charge is -2.23. The van der Waals surface area contributed by atoms with Crippen molar-refractivity contribution in [1.82, 2.24) is 9.91 Å². The van der Waals surface area contributed by atoms with Crippen molar-refractivity contribution in [3.8, 4) is 5.75 Å². The highest BCUT2D eigenvalue weighted by Gasteiger charge is 2.35. The number of halogens is 2. The maximum absolute atomic E-state index is 13.1. The van der Waals surface area contributed by atoms with Gasteiger partial charge in [0.1, 0.15) is 17.6 Å². The van der Waals surface area contributed by atoms with Gasteiger partial charge in [0, 0.05) is 13.0 Å². The number of carbonyl (C=O) groups excluding carboxylic acids is 1. The third kappa shape index (κ3) is 5.18. The van der Waals surface area contributed by atoms with Crippen LogP contribution in [-0.4, -0.2) is 41.7 Å². The zero-order valence-electron chi connectivity index (χ0n) is 16.8. The van der Waals surface area contributed by atoms with Crippen LogP contribution in [0.25, 0.3) is 0 Å². The predicted molar refractivity (Wildman–Crippen MR) is 113 cm³/mol. The van der Waals surface area contributed by atoms with Crippen LogP contribution >= 0.6 is 11.3 Å². The second-order valence-corrected chi connectivity index (χ2v) is 8.14. The quantitative estimate of drug-likeness (QED) is 0.502. The number of likely N-dealkylation sites (N-methyl/N-ethyl adjacent to an activating group) is 1. The molecule has 9 heteroatoms. The van der Waals surface area contributed by atoms with Crippen molar-refractivity contribution < 1.29 is 22.7 Å². The lowest BCUT2D eigenvalue weighted by Crippen LogP contribution is -2.36. The number of benzene rings is 1. The minimum atomic E-state index is -2.88. The van der Waals surface area contributed by atoms with Crippen LogP contribution in [0.2, 0.25) is 0 Å². The van der Waals surface area contributed by atoms with Crippen LogP contribution in [0.3, 0.4) is 0 Å². The minimum absolute atomic E-state index is 0.0924. The number of nitrogens with zero attached hydrogens (tertiary/aromatic N) is 3. The lowest BCUT2D eigenvalue weighted by atomic mass is 10.1. The molecule has 2 aromatic heterocycles. The van der Waals surface area contributed by atoms with Gasteiger partial charge in [-0.15, -0.1) is 11.3 Å². The molecule has 162 valence electrons. The molecular weight excluding hydrogens is 424 g/mol. The van der Waals surface area contributed by atoms with Gasteiger partial charge in [-0.2, -0.15) is 13.9 Å². The minimum Gasteiger partial charge on any atom is -0.467 e. The number of hydrogen-bond donors (Lipinski definition) is 0. The molecule has 0 aliphatic carbocycles. The fraction of sp³-hybridized carbons (Fsp3) is 0.273. The highest BCUT2D eigenvalue weighted by atomic mass is 32.1. The second kappa shape index (κ2) is 9.40. The van der Waals surface area contributed by atoms with Gasteiger partial charge in [-0.3, -0.25) is 9.69 Å². The molecule has 0 saturated heterocycles. The highest BCUT2D eigenvalue weighted by molar-refractivity contribution is 7.12. The fourth-order valence-electron chi connectivity index (χ4n) is 3.53. The molecule has 0 N–H and O–H groups in total. The lowest BCUT2D eigenvalue weighted by molar-refractivity contribution is -0.134. The first kappa shape index (κ1) is 21.2. The Balaban J connectivity index is 1.45. The van der Waals surface area contributed by atoms with Gasteiger partial charge in [-0.1, -0.05) is 18.2 Å². The highest BCUT2D eigenvalue weighted by Crippen LogP contribution is 2.34. The van der Waals surface area contributed by atoms with E-state index in [4.69, 9.17) is 4.42 Å². The van der Waals surface area contributed by atoms with Crippen LogP contribution in [0.4, 0.5) is 8.78 Å². The maximum Gasteiger partial charge on any atom is 0.387 e. The summed E-state index contributed by atoms with van der Waals surface area (Å²) in [7, 11) is 1.79. The fourth-order valence-corrected chi connectivity index (χ4v) is 4.25. The number of furan rings is 1. The van der Waals surface area contributed by atoms with E-state index < -0.39 is 6.61 Å². The van der Waals surface area contributed by atoms with Gasteiger partial charge in [-0.05, 0) is 48.3 Å². The Morgan fingerprint density at radius 3 is 2.90 bits per heavy atom. The molecule has 0 saturated carbocycles. The molecule has 1 unspecified atom stereocenters. The van der Waals surface area contributed by atoms with Crippen LogP contribution in [-0.2, 0) is 11.3 Å². The van der Waals surface area contributed by atoms with Crippen LogP contribution in [0.5, 0.6) is 5.75 Å². The molecular formula is C22H21F2N3O3S. The van der Waals surface area contributed by atoms with Crippen molar-refractivity contribution in [2.24, 2.45) is 5.10 Å². The van der Waals surface area contributed by atoms with Gasteiger partial charge < -0.3 is 9.15 Å². The predicted octanol–water partition coefficient (Wildman–Crippen LogP) is 4.75. The molecule has 4 rings (SSSR count). The largest absolute Gasteiger partial charge is 0.467 e. The maximum atomic E-state index is 13.1. The molecule has 3 aromatic rings. The molecule has 0 bridgehead atoms.